The number of benzene rings is 1. The van der Waals surface area contributed by atoms with E-state index in [0.29, 0.717) is 6.54 Å². The number of allylic oxidation sites excluding steroid dienone is 1. The molecule has 3 aliphatic rings. The van der Waals surface area contributed by atoms with Gasteiger partial charge in [0.2, 0.25) is 0 Å². The van der Waals surface area contributed by atoms with Crippen molar-refractivity contribution in [3.8, 4) is 0 Å². The first-order valence-electron chi connectivity index (χ1n) is 11.6. The summed E-state index contributed by atoms with van der Waals surface area (Å²) in [6, 6.07) is 8.48. The molecule has 0 aliphatic carbocycles. The standard InChI is InChI=1S/C25H37N3O2/c1-25(2)22-6-4-5-7-23(22)26(3)24(25)18-21(29)19-28-12-9-20(10-13-28)8-11-27-14-16-30-17-15-27/h4-7,18,20H,8-17,19H2,1-3H3/b24-18-. The molecule has 0 bridgehead atoms. The van der Waals surface area contributed by atoms with Gasteiger partial charge in [-0.15, -0.1) is 0 Å². The van der Waals surface area contributed by atoms with Crippen LogP contribution in [0.15, 0.2) is 36.0 Å². The van der Waals surface area contributed by atoms with Gasteiger partial charge in [0.25, 0.3) is 0 Å². The molecule has 4 rings (SSSR count). The molecule has 0 spiro atoms. The van der Waals surface area contributed by atoms with Crippen molar-refractivity contribution in [2.24, 2.45) is 5.92 Å². The van der Waals surface area contributed by atoms with E-state index in [0.717, 1.165) is 51.0 Å². The number of carbonyl (C=O) groups is 1. The summed E-state index contributed by atoms with van der Waals surface area (Å²) in [7, 11) is 2.08. The van der Waals surface area contributed by atoms with Crippen molar-refractivity contribution in [1.29, 1.82) is 0 Å². The number of hydrogen-bond acceptors (Lipinski definition) is 5. The van der Waals surface area contributed by atoms with Crippen molar-refractivity contribution in [1.82, 2.24) is 9.80 Å². The van der Waals surface area contributed by atoms with Gasteiger partial charge in [-0.2, -0.15) is 0 Å². The van der Waals surface area contributed by atoms with Crippen LogP contribution >= 0.6 is 0 Å². The lowest BCUT2D eigenvalue weighted by atomic mass is 9.83. The maximum Gasteiger partial charge on any atom is 0.171 e. The molecular formula is C25H37N3O2. The number of ketones is 1. The molecule has 0 unspecified atom stereocenters. The van der Waals surface area contributed by atoms with Crippen LogP contribution in [0.2, 0.25) is 0 Å². The minimum absolute atomic E-state index is 0.131. The zero-order chi connectivity index (χ0) is 21.1. The SMILES string of the molecule is CN1/C(=C\C(=O)CN2CCC(CCN3CCOCC3)CC2)C(C)(C)c2ccccc21. The Kier molecular flexibility index (Phi) is 6.61. The van der Waals surface area contributed by atoms with Crippen LogP contribution in [0.1, 0.15) is 38.7 Å². The number of rotatable bonds is 6. The van der Waals surface area contributed by atoms with E-state index in [1.807, 2.05) is 6.08 Å². The molecule has 0 amide bonds. The lowest BCUT2D eigenvalue weighted by molar-refractivity contribution is -0.116. The molecule has 2 fully saturated rings. The molecule has 0 aromatic heterocycles. The number of hydrogen-bond donors (Lipinski definition) is 0. The molecule has 0 radical (unpaired) electrons. The Labute approximate surface area is 181 Å². The van der Waals surface area contributed by atoms with E-state index in [-0.39, 0.29) is 11.2 Å². The first kappa shape index (κ1) is 21.5. The molecule has 5 heteroatoms. The summed E-state index contributed by atoms with van der Waals surface area (Å²) in [5, 5.41) is 0. The lowest BCUT2D eigenvalue weighted by Crippen LogP contribution is -2.40. The van der Waals surface area contributed by atoms with Crippen LogP contribution in [0.25, 0.3) is 0 Å². The third kappa shape index (κ3) is 4.63. The van der Waals surface area contributed by atoms with E-state index < -0.39 is 0 Å². The number of morpholine rings is 1. The van der Waals surface area contributed by atoms with Crippen LogP contribution in [-0.2, 0) is 14.9 Å². The van der Waals surface area contributed by atoms with E-state index >= 15 is 0 Å². The van der Waals surface area contributed by atoms with Gasteiger partial charge in [0.1, 0.15) is 0 Å². The Morgan fingerprint density at radius 1 is 1.10 bits per heavy atom. The van der Waals surface area contributed by atoms with Gasteiger partial charge >= 0.3 is 0 Å². The molecule has 30 heavy (non-hydrogen) atoms. The second-order valence-electron chi connectivity index (χ2n) is 9.66. The highest BCUT2D eigenvalue weighted by Crippen LogP contribution is 2.46. The smallest absolute Gasteiger partial charge is 0.171 e. The first-order valence-corrected chi connectivity index (χ1v) is 11.6. The van der Waals surface area contributed by atoms with Gasteiger partial charge in [0.05, 0.1) is 19.8 Å². The number of anilines is 1. The largest absolute Gasteiger partial charge is 0.379 e. The number of ether oxygens (including phenoxy) is 1. The lowest BCUT2D eigenvalue weighted by Gasteiger charge is -2.33. The molecular weight excluding hydrogens is 374 g/mol. The fourth-order valence-electron chi connectivity index (χ4n) is 5.30. The number of carbonyl (C=O) groups excluding carboxylic acids is 1. The molecule has 0 saturated carbocycles. The molecule has 164 valence electrons. The van der Waals surface area contributed by atoms with E-state index in [4.69, 9.17) is 4.74 Å². The molecule has 0 atom stereocenters. The van der Waals surface area contributed by atoms with Crippen molar-refractivity contribution in [2.75, 3.05) is 64.4 Å². The second kappa shape index (κ2) is 9.21. The highest BCUT2D eigenvalue weighted by atomic mass is 16.5. The van der Waals surface area contributed by atoms with Gasteiger partial charge in [-0.05, 0) is 56.4 Å². The quantitative estimate of drug-likeness (QED) is 0.672. The second-order valence-corrected chi connectivity index (χ2v) is 9.66. The van der Waals surface area contributed by atoms with Crippen molar-refractivity contribution < 1.29 is 9.53 Å². The van der Waals surface area contributed by atoms with Crippen LogP contribution < -0.4 is 4.90 Å². The minimum atomic E-state index is -0.131. The van der Waals surface area contributed by atoms with Gasteiger partial charge in [0, 0.05) is 43.0 Å². The maximum absolute atomic E-state index is 12.9. The zero-order valence-corrected chi connectivity index (χ0v) is 18.9. The van der Waals surface area contributed by atoms with Crippen LogP contribution in [-0.4, -0.2) is 75.1 Å². The summed E-state index contributed by atoms with van der Waals surface area (Å²) < 4.78 is 5.44. The molecule has 3 heterocycles. The fraction of sp³-hybridized carbons (Fsp3) is 0.640. The topological polar surface area (TPSA) is 36.0 Å². The third-order valence-electron chi connectivity index (χ3n) is 7.28. The average molecular weight is 412 g/mol. The van der Waals surface area contributed by atoms with Crippen molar-refractivity contribution in [3.05, 3.63) is 41.6 Å². The van der Waals surface area contributed by atoms with Crippen molar-refractivity contribution in [3.63, 3.8) is 0 Å². The summed E-state index contributed by atoms with van der Waals surface area (Å²) in [6.07, 6.45) is 5.60. The van der Waals surface area contributed by atoms with Gasteiger partial charge in [-0.25, -0.2) is 0 Å². The Morgan fingerprint density at radius 2 is 1.80 bits per heavy atom. The van der Waals surface area contributed by atoms with Gasteiger partial charge in [0.15, 0.2) is 5.78 Å². The van der Waals surface area contributed by atoms with Gasteiger partial charge in [-0.1, -0.05) is 32.0 Å². The molecule has 1 aromatic carbocycles. The average Bonchev–Trinajstić information content (AvgIpc) is 2.95. The maximum atomic E-state index is 12.9. The summed E-state index contributed by atoms with van der Waals surface area (Å²) >= 11 is 0. The number of likely N-dealkylation sites (N-methyl/N-ethyl adjacent to an activating group) is 1. The van der Waals surface area contributed by atoms with E-state index in [2.05, 4.69) is 59.9 Å². The molecule has 0 N–H and O–H groups in total. The predicted octanol–water partition coefficient (Wildman–Crippen LogP) is 3.30. The first-order chi connectivity index (χ1) is 14.4. The van der Waals surface area contributed by atoms with E-state index in [9.17, 15) is 4.79 Å². The predicted molar refractivity (Wildman–Crippen MR) is 122 cm³/mol. The summed E-state index contributed by atoms with van der Waals surface area (Å²) in [5.41, 5.74) is 3.48. The van der Waals surface area contributed by atoms with Crippen LogP contribution in [0, 0.1) is 5.92 Å². The Balaban J connectivity index is 1.27. The normalized spacial score (nSPS) is 24.4. The van der Waals surface area contributed by atoms with Crippen molar-refractivity contribution in [2.45, 2.75) is 38.5 Å². The summed E-state index contributed by atoms with van der Waals surface area (Å²) in [4.78, 5) is 20.0. The molecule has 1 aromatic rings. The van der Waals surface area contributed by atoms with E-state index in [1.165, 1.54) is 37.1 Å². The Hall–Kier alpha value is -1.69. The number of likely N-dealkylation sites (tertiary alicyclic amines) is 1. The number of para-hydroxylation sites is 1. The highest BCUT2D eigenvalue weighted by Gasteiger charge is 2.38. The van der Waals surface area contributed by atoms with Crippen molar-refractivity contribution >= 4 is 11.5 Å². The molecule has 2 saturated heterocycles. The Morgan fingerprint density at radius 3 is 2.50 bits per heavy atom. The monoisotopic (exact) mass is 411 g/mol. The van der Waals surface area contributed by atoms with Gasteiger partial charge in [-0.3, -0.25) is 14.6 Å². The van der Waals surface area contributed by atoms with Gasteiger partial charge < -0.3 is 9.64 Å². The molecule has 5 nitrogen and oxygen atoms in total. The fourth-order valence-corrected chi connectivity index (χ4v) is 5.30. The van der Waals surface area contributed by atoms with Crippen LogP contribution in [0.3, 0.4) is 0 Å². The number of piperidine rings is 1. The zero-order valence-electron chi connectivity index (χ0n) is 18.9. The summed E-state index contributed by atoms with van der Waals surface area (Å²) in [6.45, 7) is 12.2. The van der Waals surface area contributed by atoms with Crippen LogP contribution in [0.4, 0.5) is 5.69 Å². The van der Waals surface area contributed by atoms with Crippen LogP contribution in [0.5, 0.6) is 0 Å². The minimum Gasteiger partial charge on any atom is -0.379 e. The Bertz CT molecular complexity index is 774. The highest BCUT2D eigenvalue weighted by molar-refractivity contribution is 5.94. The number of nitrogens with zero attached hydrogens (tertiary/aromatic N) is 3. The number of fused-ring (bicyclic) bond motifs is 1. The van der Waals surface area contributed by atoms with E-state index in [1.54, 1.807) is 0 Å². The molecule has 3 aliphatic heterocycles. The third-order valence-corrected chi connectivity index (χ3v) is 7.28. The summed E-state index contributed by atoms with van der Waals surface area (Å²) in [5.74, 6) is 1.02.